The summed E-state index contributed by atoms with van der Waals surface area (Å²) in [6, 6.07) is 33.2. The molecule has 47 heavy (non-hydrogen) atoms. The number of hydrogen-bond donors (Lipinski definition) is 1. The maximum atomic E-state index is 13.3. The average molecular weight is 674 g/mol. The maximum absolute atomic E-state index is 13.3. The lowest BCUT2D eigenvalue weighted by atomic mass is 9.88. The third kappa shape index (κ3) is 9.09. The Bertz CT molecular complexity index is 1820. The molecule has 10 heteroatoms. The summed E-state index contributed by atoms with van der Waals surface area (Å²) in [6.07, 6.45) is 4.14. The predicted octanol–water partition coefficient (Wildman–Crippen LogP) is 5.97. The van der Waals surface area contributed by atoms with Gasteiger partial charge in [0.25, 0.3) is 10.0 Å². The summed E-state index contributed by atoms with van der Waals surface area (Å²) in [4.78, 5) is 18.2. The summed E-state index contributed by atoms with van der Waals surface area (Å²) in [5.41, 5.74) is 3.67. The van der Waals surface area contributed by atoms with Crippen molar-refractivity contribution in [3.63, 3.8) is 0 Å². The molecule has 1 unspecified atom stereocenters. The number of carbonyl (C=O) groups excluding carboxylic acids is 1. The first-order chi connectivity index (χ1) is 22.5. The van der Waals surface area contributed by atoms with Gasteiger partial charge in [-0.25, -0.2) is 16.8 Å². The molecule has 0 aromatic heterocycles. The summed E-state index contributed by atoms with van der Waals surface area (Å²) in [6.45, 7) is 5.36. The van der Waals surface area contributed by atoms with Crippen molar-refractivity contribution in [3.8, 4) is 0 Å². The molecule has 0 saturated carbocycles. The molecule has 1 N–H and O–H groups in total. The molecule has 4 aromatic rings. The number of sulfonamides is 1. The number of anilines is 1. The van der Waals surface area contributed by atoms with Gasteiger partial charge in [-0.3, -0.25) is 9.52 Å². The highest BCUT2D eigenvalue weighted by atomic mass is 32.2. The van der Waals surface area contributed by atoms with Crippen molar-refractivity contribution in [2.24, 2.45) is 0 Å². The summed E-state index contributed by atoms with van der Waals surface area (Å²) >= 11 is 0. The minimum Gasteiger partial charge on any atom is -0.340 e. The van der Waals surface area contributed by atoms with Crippen LogP contribution in [-0.2, 0) is 31.1 Å². The number of likely N-dealkylation sites (tertiary alicyclic amines) is 1. The fourth-order valence-electron chi connectivity index (χ4n) is 6.34. The first-order valence-corrected chi connectivity index (χ1v) is 19.4. The quantitative estimate of drug-likeness (QED) is 0.188. The van der Waals surface area contributed by atoms with Gasteiger partial charge in [-0.2, -0.15) is 0 Å². The third-order valence-electron chi connectivity index (χ3n) is 8.92. The van der Waals surface area contributed by atoms with Crippen LogP contribution in [0.3, 0.4) is 0 Å². The Kier molecular flexibility index (Phi) is 11.2. The standard InChI is InChI=1S/C37H43N3O5S2/c1-3-40(37(41)28-29-14-20-34(21-15-29)46(2,42)43)33-22-25-39(26-23-33)27-24-36(30-10-6-4-7-11-30)31-16-18-32(19-17-31)38-47(44,45)35-12-8-5-9-13-35/h4-21,33,36,38H,3,22-28H2,1-2H3. The molecule has 0 radical (unpaired) electrons. The summed E-state index contributed by atoms with van der Waals surface area (Å²) < 4.78 is 51.9. The van der Waals surface area contributed by atoms with Crippen molar-refractivity contribution in [1.82, 2.24) is 9.80 Å². The van der Waals surface area contributed by atoms with Gasteiger partial charge < -0.3 is 9.80 Å². The van der Waals surface area contributed by atoms with Gasteiger partial charge in [0.15, 0.2) is 9.84 Å². The summed E-state index contributed by atoms with van der Waals surface area (Å²) in [7, 11) is -6.94. The molecule has 248 valence electrons. The number of nitrogens with one attached hydrogen (secondary N) is 1. The molecule has 1 heterocycles. The number of amides is 1. The molecule has 1 atom stereocenters. The highest BCUT2D eigenvalue weighted by molar-refractivity contribution is 7.92. The number of benzene rings is 4. The van der Waals surface area contributed by atoms with Crippen LogP contribution in [0.5, 0.6) is 0 Å². The lowest BCUT2D eigenvalue weighted by Gasteiger charge is -2.38. The van der Waals surface area contributed by atoms with Gasteiger partial charge >= 0.3 is 0 Å². The largest absolute Gasteiger partial charge is 0.340 e. The van der Waals surface area contributed by atoms with Crippen LogP contribution >= 0.6 is 0 Å². The highest BCUT2D eigenvalue weighted by Gasteiger charge is 2.28. The number of nitrogens with zero attached hydrogens (tertiary/aromatic N) is 2. The van der Waals surface area contributed by atoms with Crippen LogP contribution in [0.2, 0.25) is 0 Å². The molecule has 4 aromatic carbocycles. The number of hydrogen-bond acceptors (Lipinski definition) is 6. The van der Waals surface area contributed by atoms with Crippen molar-refractivity contribution in [2.75, 3.05) is 37.2 Å². The van der Waals surface area contributed by atoms with Crippen molar-refractivity contribution in [3.05, 3.63) is 126 Å². The fraction of sp³-hybridized carbons (Fsp3) is 0.324. The molecule has 5 rings (SSSR count). The number of likely N-dealkylation sites (N-methyl/N-ethyl adjacent to an activating group) is 1. The van der Waals surface area contributed by atoms with E-state index in [1.165, 1.54) is 11.8 Å². The molecule has 0 bridgehead atoms. The minimum absolute atomic E-state index is 0.0664. The van der Waals surface area contributed by atoms with E-state index in [1.54, 1.807) is 54.6 Å². The lowest BCUT2D eigenvalue weighted by Crippen LogP contribution is -2.48. The number of rotatable bonds is 13. The SMILES string of the molecule is CCN(C(=O)Cc1ccc(S(C)(=O)=O)cc1)C1CCN(CCC(c2ccccc2)c2ccc(NS(=O)(=O)c3ccccc3)cc2)CC1. The zero-order valence-electron chi connectivity index (χ0n) is 27.0. The van der Waals surface area contributed by atoms with Crippen LogP contribution in [0, 0.1) is 0 Å². The average Bonchev–Trinajstić information content (AvgIpc) is 3.07. The topological polar surface area (TPSA) is 104 Å². The summed E-state index contributed by atoms with van der Waals surface area (Å²) in [5.74, 6) is 0.216. The van der Waals surface area contributed by atoms with Gasteiger partial charge in [0, 0.05) is 43.5 Å². The van der Waals surface area contributed by atoms with E-state index in [0.717, 1.165) is 50.0 Å². The Labute approximate surface area is 279 Å². The molecule has 1 fully saturated rings. The van der Waals surface area contributed by atoms with Gasteiger partial charge in [0.05, 0.1) is 16.2 Å². The van der Waals surface area contributed by atoms with Crippen LogP contribution in [0.1, 0.15) is 48.8 Å². The zero-order chi connectivity index (χ0) is 33.4. The third-order valence-corrected chi connectivity index (χ3v) is 11.4. The van der Waals surface area contributed by atoms with Crippen molar-refractivity contribution in [2.45, 2.75) is 54.4 Å². The molecule has 1 saturated heterocycles. The Balaban J connectivity index is 1.18. The number of sulfone groups is 1. The maximum Gasteiger partial charge on any atom is 0.261 e. The number of carbonyl (C=O) groups is 1. The molecule has 1 aliphatic heterocycles. The van der Waals surface area contributed by atoms with Gasteiger partial charge in [-0.15, -0.1) is 0 Å². The molecular formula is C37H43N3O5S2. The van der Waals surface area contributed by atoms with E-state index >= 15 is 0 Å². The smallest absolute Gasteiger partial charge is 0.261 e. The van der Waals surface area contributed by atoms with Crippen LogP contribution in [0.15, 0.2) is 119 Å². The lowest BCUT2D eigenvalue weighted by molar-refractivity contribution is -0.133. The molecule has 8 nitrogen and oxygen atoms in total. The molecular weight excluding hydrogens is 631 g/mol. The van der Waals surface area contributed by atoms with Crippen LogP contribution in [0.4, 0.5) is 5.69 Å². The number of piperidine rings is 1. The zero-order valence-corrected chi connectivity index (χ0v) is 28.6. The summed E-state index contributed by atoms with van der Waals surface area (Å²) in [5, 5.41) is 0. The second kappa shape index (κ2) is 15.3. The second-order valence-electron chi connectivity index (χ2n) is 12.1. The fourth-order valence-corrected chi connectivity index (χ4v) is 8.05. The van der Waals surface area contributed by atoms with E-state index < -0.39 is 19.9 Å². The van der Waals surface area contributed by atoms with E-state index in [-0.39, 0.29) is 34.1 Å². The Morgan fingerprint density at radius 2 is 1.36 bits per heavy atom. The van der Waals surface area contributed by atoms with Crippen LogP contribution in [-0.4, -0.2) is 71.0 Å². The van der Waals surface area contributed by atoms with Gasteiger partial charge in [0.1, 0.15) is 0 Å². The van der Waals surface area contributed by atoms with Gasteiger partial charge in [-0.05, 0) is 85.8 Å². The predicted molar refractivity (Wildman–Crippen MR) is 187 cm³/mol. The van der Waals surface area contributed by atoms with Crippen molar-refractivity contribution in [1.29, 1.82) is 0 Å². The molecule has 1 aliphatic rings. The molecule has 1 amide bonds. The van der Waals surface area contributed by atoms with Crippen LogP contribution < -0.4 is 4.72 Å². The Morgan fingerprint density at radius 3 is 1.94 bits per heavy atom. The molecule has 0 spiro atoms. The first-order valence-electron chi connectivity index (χ1n) is 16.1. The van der Waals surface area contributed by atoms with Crippen LogP contribution in [0.25, 0.3) is 0 Å². The van der Waals surface area contributed by atoms with E-state index in [1.807, 2.05) is 54.3 Å². The van der Waals surface area contributed by atoms with E-state index in [2.05, 4.69) is 21.8 Å². The monoisotopic (exact) mass is 673 g/mol. The van der Waals surface area contributed by atoms with Gasteiger partial charge in [-0.1, -0.05) is 72.8 Å². The minimum atomic E-state index is -3.67. The normalized spacial score (nSPS) is 15.2. The Hall–Kier alpha value is -3.99. The Morgan fingerprint density at radius 1 is 0.787 bits per heavy atom. The first kappa shape index (κ1) is 34.3. The highest BCUT2D eigenvalue weighted by Crippen LogP contribution is 2.30. The van der Waals surface area contributed by atoms with Gasteiger partial charge in [0.2, 0.25) is 5.91 Å². The van der Waals surface area contributed by atoms with Crippen molar-refractivity contribution < 1.29 is 21.6 Å². The molecule has 0 aliphatic carbocycles. The van der Waals surface area contributed by atoms with E-state index in [4.69, 9.17) is 0 Å². The van der Waals surface area contributed by atoms with Crippen molar-refractivity contribution >= 4 is 31.5 Å². The van der Waals surface area contributed by atoms with E-state index in [0.29, 0.717) is 12.2 Å². The van der Waals surface area contributed by atoms with E-state index in [9.17, 15) is 21.6 Å². The second-order valence-corrected chi connectivity index (χ2v) is 15.8.